The molecule has 0 radical (unpaired) electrons. The standard InChI is InChI=1S/C14H17F5NO4P/c1-5-22-25(20-7(4)14(21)23-6(2)3)24-13-11(18)9(16)8(15)10(17)12(13)19/h6-7,20H,5H2,1-4H3/t7-,25+/m0/s1. The average molecular weight is 389 g/mol. The molecule has 2 atom stereocenters. The normalized spacial score (nSPS) is 13.7. The Morgan fingerprint density at radius 3 is 1.92 bits per heavy atom. The summed E-state index contributed by atoms with van der Waals surface area (Å²) in [5, 5.41) is 2.45. The Morgan fingerprint density at radius 2 is 1.48 bits per heavy atom. The number of ether oxygens (including phenoxy) is 1. The van der Waals surface area contributed by atoms with E-state index in [-0.39, 0.29) is 6.61 Å². The maximum atomic E-state index is 13.7. The highest BCUT2D eigenvalue weighted by atomic mass is 31.2. The summed E-state index contributed by atoms with van der Waals surface area (Å²) in [7, 11) is -2.39. The van der Waals surface area contributed by atoms with Gasteiger partial charge in [-0.05, 0) is 27.7 Å². The van der Waals surface area contributed by atoms with Gasteiger partial charge < -0.3 is 13.8 Å². The minimum Gasteiger partial charge on any atom is -0.462 e. The van der Waals surface area contributed by atoms with E-state index in [1.807, 2.05) is 0 Å². The lowest BCUT2D eigenvalue weighted by atomic mass is 10.3. The quantitative estimate of drug-likeness (QED) is 0.240. The maximum absolute atomic E-state index is 13.7. The third-order valence-electron chi connectivity index (χ3n) is 2.59. The predicted octanol–water partition coefficient (Wildman–Crippen LogP) is 3.95. The lowest BCUT2D eigenvalue weighted by molar-refractivity contribution is -0.149. The van der Waals surface area contributed by atoms with E-state index in [4.69, 9.17) is 13.8 Å². The molecule has 25 heavy (non-hydrogen) atoms. The molecule has 1 aromatic rings. The first-order valence-corrected chi connectivity index (χ1v) is 8.36. The van der Waals surface area contributed by atoms with Crippen molar-refractivity contribution < 1.29 is 40.5 Å². The highest BCUT2D eigenvalue weighted by Gasteiger charge is 2.31. The minimum absolute atomic E-state index is 0.0138. The molecule has 0 aliphatic heterocycles. The number of benzene rings is 1. The lowest BCUT2D eigenvalue weighted by Crippen LogP contribution is -2.34. The molecule has 0 amide bonds. The van der Waals surface area contributed by atoms with Crippen molar-refractivity contribution in [3.05, 3.63) is 29.1 Å². The van der Waals surface area contributed by atoms with Crippen LogP contribution in [0.1, 0.15) is 27.7 Å². The molecule has 0 heterocycles. The second kappa shape index (κ2) is 9.26. The van der Waals surface area contributed by atoms with Gasteiger partial charge in [0.2, 0.25) is 34.8 Å². The van der Waals surface area contributed by atoms with Crippen LogP contribution >= 0.6 is 8.53 Å². The molecule has 142 valence electrons. The summed E-state index contributed by atoms with van der Waals surface area (Å²) in [6, 6.07) is -1.01. The van der Waals surface area contributed by atoms with Crippen molar-refractivity contribution in [1.29, 1.82) is 0 Å². The Balaban J connectivity index is 3.01. The Labute approximate surface area is 142 Å². The third kappa shape index (κ3) is 5.49. The van der Waals surface area contributed by atoms with E-state index in [9.17, 15) is 26.7 Å². The van der Waals surface area contributed by atoms with Crippen LogP contribution in [0.5, 0.6) is 5.75 Å². The summed E-state index contributed by atoms with van der Waals surface area (Å²) < 4.78 is 81.5. The van der Waals surface area contributed by atoms with E-state index < -0.39 is 61.5 Å². The van der Waals surface area contributed by atoms with E-state index >= 15 is 0 Å². The zero-order valence-corrected chi connectivity index (χ0v) is 14.7. The maximum Gasteiger partial charge on any atom is 0.323 e. The summed E-state index contributed by atoms with van der Waals surface area (Å²) in [5.74, 6) is -13.1. The molecule has 0 aromatic heterocycles. The van der Waals surface area contributed by atoms with Crippen molar-refractivity contribution in [1.82, 2.24) is 5.09 Å². The molecule has 5 nitrogen and oxygen atoms in total. The SMILES string of the molecule is CCO[P@@](N[C@@H](C)C(=O)OC(C)C)Oc1c(F)c(F)c(F)c(F)c1F. The number of esters is 1. The predicted molar refractivity (Wildman–Crippen MR) is 79.2 cm³/mol. The fraction of sp³-hybridized carbons (Fsp3) is 0.500. The lowest BCUT2D eigenvalue weighted by Gasteiger charge is -2.22. The molecule has 0 spiro atoms. The van der Waals surface area contributed by atoms with Gasteiger partial charge in [0.25, 0.3) is 0 Å². The summed E-state index contributed by atoms with van der Waals surface area (Å²) in [4.78, 5) is 11.7. The molecule has 0 bridgehead atoms. The van der Waals surface area contributed by atoms with Crippen LogP contribution in [0, 0.1) is 29.1 Å². The number of carbonyl (C=O) groups is 1. The Hall–Kier alpha value is -1.51. The molecule has 1 rings (SSSR count). The summed E-state index contributed by atoms with van der Waals surface area (Å²) in [6.45, 7) is 6.08. The van der Waals surface area contributed by atoms with E-state index in [2.05, 4.69) is 5.09 Å². The largest absolute Gasteiger partial charge is 0.462 e. The molecular weight excluding hydrogens is 372 g/mol. The molecule has 11 heteroatoms. The summed E-state index contributed by atoms with van der Waals surface area (Å²) in [6.07, 6.45) is -0.411. The van der Waals surface area contributed by atoms with E-state index in [1.54, 1.807) is 13.8 Å². The number of rotatable bonds is 8. The minimum atomic E-state index is -2.39. The number of halogens is 5. The fourth-order valence-electron chi connectivity index (χ4n) is 1.50. The van der Waals surface area contributed by atoms with Crippen LogP contribution in [-0.2, 0) is 14.1 Å². The summed E-state index contributed by atoms with van der Waals surface area (Å²) in [5.41, 5.74) is 0. The number of hydrogen-bond acceptors (Lipinski definition) is 5. The van der Waals surface area contributed by atoms with Gasteiger partial charge in [0, 0.05) is 0 Å². The van der Waals surface area contributed by atoms with Gasteiger partial charge in [-0.2, -0.15) is 8.78 Å². The van der Waals surface area contributed by atoms with Gasteiger partial charge >= 0.3 is 14.5 Å². The first-order valence-electron chi connectivity index (χ1n) is 7.19. The van der Waals surface area contributed by atoms with Crippen LogP contribution in [0.4, 0.5) is 22.0 Å². The van der Waals surface area contributed by atoms with Crippen molar-refractivity contribution in [2.45, 2.75) is 39.8 Å². The van der Waals surface area contributed by atoms with Crippen molar-refractivity contribution in [3.8, 4) is 5.75 Å². The van der Waals surface area contributed by atoms with Crippen LogP contribution in [0.15, 0.2) is 0 Å². The second-order valence-corrected chi connectivity index (χ2v) is 6.21. The molecule has 0 fully saturated rings. The van der Waals surface area contributed by atoms with Gasteiger partial charge in [-0.25, -0.2) is 18.3 Å². The monoisotopic (exact) mass is 389 g/mol. The third-order valence-corrected chi connectivity index (χ3v) is 4.03. The highest BCUT2D eigenvalue weighted by molar-refractivity contribution is 7.45. The van der Waals surface area contributed by atoms with Gasteiger partial charge in [-0.1, -0.05) is 0 Å². The number of hydrogen-bond donors (Lipinski definition) is 1. The molecular formula is C14H17F5NO4P. The van der Waals surface area contributed by atoms with Gasteiger partial charge in [0.05, 0.1) is 12.7 Å². The first-order chi connectivity index (χ1) is 11.6. The average Bonchev–Trinajstić information content (AvgIpc) is 2.54. The van der Waals surface area contributed by atoms with E-state index in [0.29, 0.717) is 0 Å². The van der Waals surface area contributed by atoms with Crippen LogP contribution in [0.25, 0.3) is 0 Å². The molecule has 1 aromatic carbocycles. The molecule has 0 saturated heterocycles. The number of carbonyl (C=O) groups excluding carboxylic acids is 1. The van der Waals surface area contributed by atoms with Crippen molar-refractivity contribution in [3.63, 3.8) is 0 Å². The Bertz CT molecular complexity index is 603. The van der Waals surface area contributed by atoms with Crippen molar-refractivity contribution >= 4 is 14.5 Å². The van der Waals surface area contributed by atoms with Crippen molar-refractivity contribution in [2.75, 3.05) is 6.61 Å². The van der Waals surface area contributed by atoms with Crippen LogP contribution in [0.3, 0.4) is 0 Å². The summed E-state index contributed by atoms with van der Waals surface area (Å²) >= 11 is 0. The smallest absolute Gasteiger partial charge is 0.323 e. The fourth-order valence-corrected chi connectivity index (χ4v) is 2.66. The number of nitrogens with one attached hydrogen (secondary N) is 1. The van der Waals surface area contributed by atoms with Crippen LogP contribution in [-0.4, -0.2) is 24.7 Å². The molecule has 1 N–H and O–H groups in total. The zero-order valence-electron chi connectivity index (χ0n) is 13.8. The zero-order chi connectivity index (χ0) is 19.3. The van der Waals surface area contributed by atoms with E-state index in [1.165, 1.54) is 13.8 Å². The first kappa shape index (κ1) is 21.5. The highest BCUT2D eigenvalue weighted by Crippen LogP contribution is 2.40. The van der Waals surface area contributed by atoms with Gasteiger partial charge in [0.1, 0.15) is 6.04 Å². The topological polar surface area (TPSA) is 56.8 Å². The molecule has 0 unspecified atom stereocenters. The van der Waals surface area contributed by atoms with Crippen LogP contribution < -0.4 is 9.61 Å². The molecule has 0 saturated carbocycles. The molecule has 0 aliphatic rings. The van der Waals surface area contributed by atoms with Gasteiger partial charge in [-0.15, -0.1) is 0 Å². The second-order valence-electron chi connectivity index (χ2n) is 5.00. The van der Waals surface area contributed by atoms with Gasteiger partial charge in [-0.3, -0.25) is 4.79 Å². The van der Waals surface area contributed by atoms with Crippen molar-refractivity contribution in [2.24, 2.45) is 0 Å². The van der Waals surface area contributed by atoms with Crippen LogP contribution in [0.2, 0.25) is 0 Å². The Morgan fingerprint density at radius 1 is 1.00 bits per heavy atom. The van der Waals surface area contributed by atoms with Gasteiger partial charge in [0.15, 0.2) is 0 Å². The molecule has 0 aliphatic carbocycles. The Kier molecular flexibility index (Phi) is 7.98. The van der Waals surface area contributed by atoms with E-state index in [0.717, 1.165) is 0 Å².